The van der Waals surface area contributed by atoms with Crippen molar-refractivity contribution in [2.24, 2.45) is 0 Å². The second-order valence-corrected chi connectivity index (χ2v) is 5.42. The molecule has 1 N–H and O–H groups in total. The first-order valence-electron chi connectivity index (χ1n) is 5.40. The molecule has 1 aliphatic rings. The number of rotatable bonds is 3. The Balaban J connectivity index is 1.99. The Bertz CT molecular complexity index is 364. The van der Waals surface area contributed by atoms with Crippen LogP contribution in [0.25, 0.3) is 0 Å². The molecule has 1 fully saturated rings. The second-order valence-electron chi connectivity index (χ2n) is 4.07. The lowest BCUT2D eigenvalue weighted by Gasteiger charge is -2.16. The fourth-order valence-corrected chi connectivity index (χ4v) is 3.23. The lowest BCUT2D eigenvalue weighted by molar-refractivity contribution is 0.170. The molecule has 1 saturated heterocycles. The quantitative estimate of drug-likeness (QED) is 0.882. The third kappa shape index (κ3) is 2.74. The van der Waals surface area contributed by atoms with Gasteiger partial charge in [-0.05, 0) is 42.7 Å². The molecule has 0 bridgehead atoms. The SMILES string of the molecule is OC(Cc1ccc(F)c(F)c1)C1CCCS1. The highest BCUT2D eigenvalue weighted by Crippen LogP contribution is 2.30. The number of halogens is 2. The normalized spacial score (nSPS) is 22.3. The van der Waals surface area contributed by atoms with Crippen molar-refractivity contribution in [3.05, 3.63) is 35.4 Å². The van der Waals surface area contributed by atoms with E-state index in [2.05, 4.69) is 0 Å². The van der Waals surface area contributed by atoms with Gasteiger partial charge in [0.05, 0.1) is 6.10 Å². The fourth-order valence-electron chi connectivity index (χ4n) is 1.95. The summed E-state index contributed by atoms with van der Waals surface area (Å²) in [5, 5.41) is 10.2. The number of thioether (sulfide) groups is 1. The van der Waals surface area contributed by atoms with E-state index in [1.54, 1.807) is 11.8 Å². The molecule has 2 atom stereocenters. The molecule has 1 aromatic rings. The summed E-state index contributed by atoms with van der Waals surface area (Å²) in [5.41, 5.74) is 0.652. The van der Waals surface area contributed by atoms with Crippen molar-refractivity contribution in [1.29, 1.82) is 0 Å². The number of aliphatic hydroxyl groups is 1. The Hall–Kier alpha value is -0.610. The molecule has 0 aromatic heterocycles. The van der Waals surface area contributed by atoms with E-state index < -0.39 is 17.7 Å². The van der Waals surface area contributed by atoms with E-state index in [-0.39, 0.29) is 5.25 Å². The first-order chi connectivity index (χ1) is 7.66. The first kappa shape index (κ1) is 11.9. The molecule has 1 nitrogen and oxygen atoms in total. The van der Waals surface area contributed by atoms with E-state index in [0.29, 0.717) is 12.0 Å². The van der Waals surface area contributed by atoms with Crippen LogP contribution in [0.3, 0.4) is 0 Å². The van der Waals surface area contributed by atoms with Crippen molar-refractivity contribution >= 4 is 11.8 Å². The van der Waals surface area contributed by atoms with Crippen molar-refractivity contribution in [3.63, 3.8) is 0 Å². The fraction of sp³-hybridized carbons (Fsp3) is 0.500. The third-order valence-electron chi connectivity index (χ3n) is 2.82. The Morgan fingerprint density at radius 1 is 1.38 bits per heavy atom. The van der Waals surface area contributed by atoms with Crippen molar-refractivity contribution in [3.8, 4) is 0 Å². The van der Waals surface area contributed by atoms with Crippen LogP contribution >= 0.6 is 11.8 Å². The molecular formula is C12H14F2OS. The van der Waals surface area contributed by atoms with Crippen molar-refractivity contribution in [1.82, 2.24) is 0 Å². The van der Waals surface area contributed by atoms with Gasteiger partial charge in [0, 0.05) is 5.25 Å². The van der Waals surface area contributed by atoms with Crippen LogP contribution in [0.4, 0.5) is 8.78 Å². The molecule has 16 heavy (non-hydrogen) atoms. The molecule has 0 aliphatic carbocycles. The lowest BCUT2D eigenvalue weighted by atomic mass is 10.0. The second kappa shape index (κ2) is 5.15. The van der Waals surface area contributed by atoms with Crippen molar-refractivity contribution in [2.75, 3.05) is 5.75 Å². The van der Waals surface area contributed by atoms with E-state index in [1.807, 2.05) is 0 Å². The zero-order valence-electron chi connectivity index (χ0n) is 8.83. The van der Waals surface area contributed by atoms with Gasteiger partial charge in [-0.15, -0.1) is 0 Å². The molecule has 88 valence electrons. The van der Waals surface area contributed by atoms with E-state index >= 15 is 0 Å². The van der Waals surface area contributed by atoms with Crippen LogP contribution in [0.1, 0.15) is 18.4 Å². The van der Waals surface area contributed by atoms with Crippen LogP contribution in [0.15, 0.2) is 18.2 Å². The van der Waals surface area contributed by atoms with Crippen molar-refractivity contribution < 1.29 is 13.9 Å². The molecule has 1 heterocycles. The minimum absolute atomic E-state index is 0.244. The first-order valence-corrected chi connectivity index (χ1v) is 6.45. The highest BCUT2D eigenvalue weighted by molar-refractivity contribution is 8.00. The van der Waals surface area contributed by atoms with Crippen LogP contribution in [-0.4, -0.2) is 22.2 Å². The third-order valence-corrected chi connectivity index (χ3v) is 4.33. The summed E-state index contributed by atoms with van der Waals surface area (Å²) in [7, 11) is 0. The van der Waals surface area contributed by atoms with Crippen LogP contribution in [0.5, 0.6) is 0 Å². The smallest absolute Gasteiger partial charge is 0.159 e. The van der Waals surface area contributed by atoms with Gasteiger partial charge in [0.1, 0.15) is 0 Å². The van der Waals surface area contributed by atoms with Gasteiger partial charge < -0.3 is 5.11 Å². The van der Waals surface area contributed by atoms with Crippen LogP contribution in [-0.2, 0) is 6.42 Å². The molecule has 0 spiro atoms. The number of hydrogen-bond donors (Lipinski definition) is 1. The minimum atomic E-state index is -0.844. The largest absolute Gasteiger partial charge is 0.392 e. The predicted octanol–water partition coefficient (Wildman–Crippen LogP) is 2.76. The molecule has 2 rings (SSSR count). The van der Waals surface area contributed by atoms with Crippen LogP contribution < -0.4 is 0 Å². The lowest BCUT2D eigenvalue weighted by Crippen LogP contribution is -2.23. The Morgan fingerprint density at radius 3 is 2.81 bits per heavy atom. The van der Waals surface area contributed by atoms with Gasteiger partial charge in [0.15, 0.2) is 11.6 Å². The maximum Gasteiger partial charge on any atom is 0.159 e. The number of benzene rings is 1. The van der Waals surface area contributed by atoms with Gasteiger partial charge in [0.25, 0.3) is 0 Å². The summed E-state index contributed by atoms with van der Waals surface area (Å²) in [6.45, 7) is 0. The van der Waals surface area contributed by atoms with Gasteiger partial charge in [-0.3, -0.25) is 0 Å². The zero-order chi connectivity index (χ0) is 11.5. The van der Waals surface area contributed by atoms with E-state index in [0.717, 1.165) is 30.7 Å². The summed E-state index contributed by atoms with van der Waals surface area (Å²) < 4.78 is 25.6. The molecule has 0 radical (unpaired) electrons. The highest BCUT2D eigenvalue weighted by atomic mass is 32.2. The van der Waals surface area contributed by atoms with Crippen LogP contribution in [0, 0.1) is 11.6 Å². The maximum atomic E-state index is 12.9. The summed E-state index contributed by atoms with van der Waals surface area (Å²) in [6, 6.07) is 3.80. The number of aliphatic hydroxyl groups excluding tert-OH is 1. The van der Waals surface area contributed by atoms with Gasteiger partial charge in [-0.2, -0.15) is 11.8 Å². The zero-order valence-corrected chi connectivity index (χ0v) is 9.64. The average Bonchev–Trinajstić information content (AvgIpc) is 2.77. The molecule has 0 amide bonds. The van der Waals surface area contributed by atoms with Crippen LogP contribution in [0.2, 0.25) is 0 Å². The highest BCUT2D eigenvalue weighted by Gasteiger charge is 2.24. The molecule has 0 saturated carbocycles. The Labute approximate surface area is 97.9 Å². The monoisotopic (exact) mass is 244 g/mol. The van der Waals surface area contributed by atoms with Gasteiger partial charge in [0.2, 0.25) is 0 Å². The van der Waals surface area contributed by atoms with E-state index in [9.17, 15) is 13.9 Å². The van der Waals surface area contributed by atoms with Gasteiger partial charge in [-0.25, -0.2) is 8.78 Å². The summed E-state index contributed by atoms with van der Waals surface area (Å²) >= 11 is 1.76. The predicted molar refractivity (Wildman–Crippen MR) is 61.5 cm³/mol. The minimum Gasteiger partial charge on any atom is -0.392 e. The molecule has 1 aromatic carbocycles. The molecular weight excluding hydrogens is 230 g/mol. The summed E-state index contributed by atoms with van der Waals surface area (Å²) in [6.07, 6.45) is 2.08. The van der Waals surface area contributed by atoms with E-state index in [4.69, 9.17) is 0 Å². The maximum absolute atomic E-state index is 12.9. The number of hydrogen-bond acceptors (Lipinski definition) is 2. The van der Waals surface area contributed by atoms with Gasteiger partial charge >= 0.3 is 0 Å². The standard InChI is InChI=1S/C12H14F2OS/c13-9-4-3-8(6-10(9)14)7-11(15)12-2-1-5-16-12/h3-4,6,11-12,15H,1-2,5,7H2. The van der Waals surface area contributed by atoms with Gasteiger partial charge in [-0.1, -0.05) is 6.07 Å². The molecule has 4 heteroatoms. The molecule has 1 aliphatic heterocycles. The summed E-state index contributed by atoms with van der Waals surface area (Å²) in [4.78, 5) is 0. The molecule has 2 unspecified atom stereocenters. The topological polar surface area (TPSA) is 20.2 Å². The average molecular weight is 244 g/mol. The summed E-state index contributed by atoms with van der Waals surface area (Å²) in [5.74, 6) is -0.600. The Morgan fingerprint density at radius 2 is 2.19 bits per heavy atom. The van der Waals surface area contributed by atoms with Crippen molar-refractivity contribution in [2.45, 2.75) is 30.6 Å². The van der Waals surface area contributed by atoms with E-state index in [1.165, 1.54) is 6.07 Å². The Kier molecular flexibility index (Phi) is 3.82.